The van der Waals surface area contributed by atoms with Crippen LogP contribution in [-0.4, -0.2) is 20.9 Å². The van der Waals surface area contributed by atoms with Gasteiger partial charge in [-0.05, 0) is 86.4 Å². The van der Waals surface area contributed by atoms with E-state index in [0.29, 0.717) is 17.1 Å². The molecule has 1 fully saturated rings. The van der Waals surface area contributed by atoms with Gasteiger partial charge in [0.1, 0.15) is 0 Å². The number of amides is 1. The molecule has 2 aromatic carbocycles. The number of sulfonamides is 1. The Hall–Kier alpha value is -2.34. The molecule has 4 rings (SSSR count). The zero-order chi connectivity index (χ0) is 19.8. The zero-order valence-corrected chi connectivity index (χ0v) is 16.9. The van der Waals surface area contributed by atoms with Gasteiger partial charge in [-0.3, -0.25) is 9.52 Å². The number of nitrogens with one attached hydrogen (secondary N) is 2. The highest BCUT2D eigenvalue weighted by Crippen LogP contribution is 2.48. The minimum absolute atomic E-state index is 0.0531. The van der Waals surface area contributed by atoms with Crippen molar-refractivity contribution in [1.82, 2.24) is 5.32 Å². The van der Waals surface area contributed by atoms with E-state index in [4.69, 9.17) is 0 Å². The lowest BCUT2D eigenvalue weighted by Crippen LogP contribution is -2.34. The molecule has 0 aliphatic heterocycles. The van der Waals surface area contributed by atoms with Crippen molar-refractivity contribution in [3.8, 4) is 0 Å². The fourth-order valence-electron chi connectivity index (χ4n) is 4.05. The number of carbonyl (C=O) groups is 1. The number of hydrogen-bond acceptors (Lipinski definition) is 3. The van der Waals surface area contributed by atoms with Gasteiger partial charge in [0.15, 0.2) is 0 Å². The summed E-state index contributed by atoms with van der Waals surface area (Å²) in [6.45, 7) is 2.52. The molecule has 0 saturated heterocycles. The van der Waals surface area contributed by atoms with Crippen LogP contribution in [0.1, 0.15) is 49.3 Å². The molecule has 0 radical (unpaired) electrons. The van der Waals surface area contributed by atoms with Gasteiger partial charge in [0, 0.05) is 12.2 Å². The van der Waals surface area contributed by atoms with Gasteiger partial charge in [0.2, 0.25) is 5.91 Å². The van der Waals surface area contributed by atoms with Crippen molar-refractivity contribution >= 4 is 21.6 Å². The Kier molecular flexibility index (Phi) is 4.91. The molecule has 2 aromatic rings. The molecule has 148 valence electrons. The van der Waals surface area contributed by atoms with E-state index in [9.17, 15) is 13.2 Å². The fourth-order valence-corrected chi connectivity index (χ4v) is 5.16. The first-order chi connectivity index (χ1) is 13.4. The number of rotatable bonds is 6. The lowest BCUT2D eigenvalue weighted by atomic mass is 9.92. The van der Waals surface area contributed by atoms with E-state index in [1.54, 1.807) is 24.3 Å². The van der Waals surface area contributed by atoms with Gasteiger partial charge in [-0.15, -0.1) is 0 Å². The number of aryl methyl sites for hydroxylation is 2. The first-order valence-corrected chi connectivity index (χ1v) is 11.5. The molecule has 0 atom stereocenters. The second-order valence-electron chi connectivity index (χ2n) is 7.76. The van der Waals surface area contributed by atoms with Crippen LogP contribution in [-0.2, 0) is 33.1 Å². The van der Waals surface area contributed by atoms with E-state index in [2.05, 4.69) is 10.0 Å². The minimum atomic E-state index is -3.63. The van der Waals surface area contributed by atoms with Crippen LogP contribution in [0.2, 0.25) is 0 Å². The van der Waals surface area contributed by atoms with Crippen LogP contribution in [0.4, 0.5) is 5.69 Å². The van der Waals surface area contributed by atoms with Gasteiger partial charge in [0.05, 0.1) is 10.3 Å². The highest BCUT2D eigenvalue weighted by Gasteiger charge is 2.50. The number of likely N-dealkylation sites (N-methyl/N-ethyl adjacent to an activating group) is 1. The van der Waals surface area contributed by atoms with E-state index >= 15 is 0 Å². The van der Waals surface area contributed by atoms with Crippen molar-refractivity contribution in [2.75, 3.05) is 11.3 Å². The van der Waals surface area contributed by atoms with E-state index in [0.717, 1.165) is 43.2 Å². The first kappa shape index (κ1) is 19.0. The van der Waals surface area contributed by atoms with Crippen LogP contribution in [0.25, 0.3) is 0 Å². The van der Waals surface area contributed by atoms with Crippen molar-refractivity contribution in [1.29, 1.82) is 0 Å². The van der Waals surface area contributed by atoms with Crippen molar-refractivity contribution < 1.29 is 13.2 Å². The monoisotopic (exact) mass is 398 g/mol. The summed E-state index contributed by atoms with van der Waals surface area (Å²) in [6, 6.07) is 12.6. The fraction of sp³-hybridized carbons (Fsp3) is 0.409. The molecule has 2 N–H and O–H groups in total. The Balaban J connectivity index is 1.52. The zero-order valence-electron chi connectivity index (χ0n) is 16.1. The topological polar surface area (TPSA) is 75.3 Å². The highest BCUT2D eigenvalue weighted by molar-refractivity contribution is 7.92. The Morgan fingerprint density at radius 3 is 2.32 bits per heavy atom. The van der Waals surface area contributed by atoms with Crippen LogP contribution in [0.15, 0.2) is 47.4 Å². The molecule has 0 unspecified atom stereocenters. The highest BCUT2D eigenvalue weighted by atomic mass is 32.2. The predicted octanol–water partition coefficient (Wildman–Crippen LogP) is 3.53. The van der Waals surface area contributed by atoms with Gasteiger partial charge in [0.25, 0.3) is 10.0 Å². The average molecular weight is 399 g/mol. The summed E-state index contributed by atoms with van der Waals surface area (Å²) >= 11 is 0. The Labute approximate surface area is 166 Å². The Morgan fingerprint density at radius 1 is 1.00 bits per heavy atom. The van der Waals surface area contributed by atoms with Crippen LogP contribution in [0.3, 0.4) is 0 Å². The third-order valence-corrected chi connectivity index (χ3v) is 7.22. The maximum atomic E-state index is 12.8. The summed E-state index contributed by atoms with van der Waals surface area (Å²) in [6.07, 6.45) is 5.91. The molecule has 0 spiro atoms. The molecule has 1 amide bonds. The van der Waals surface area contributed by atoms with Crippen molar-refractivity contribution in [3.63, 3.8) is 0 Å². The normalized spacial score (nSPS) is 17.5. The number of fused-ring (bicyclic) bond motifs is 1. The molecular formula is C22H26N2O3S. The third kappa shape index (κ3) is 3.53. The summed E-state index contributed by atoms with van der Waals surface area (Å²) in [5.41, 5.74) is 3.41. The molecule has 2 aliphatic rings. The smallest absolute Gasteiger partial charge is 0.261 e. The number of benzene rings is 2. The Bertz CT molecular complexity index is 993. The van der Waals surface area contributed by atoms with Gasteiger partial charge < -0.3 is 5.32 Å². The van der Waals surface area contributed by atoms with Gasteiger partial charge >= 0.3 is 0 Å². The van der Waals surface area contributed by atoms with Crippen LogP contribution < -0.4 is 10.0 Å². The average Bonchev–Trinajstić information content (AvgIpc) is 3.50. The quantitative estimate of drug-likeness (QED) is 0.782. The van der Waals surface area contributed by atoms with E-state index in [1.165, 1.54) is 12.0 Å². The summed E-state index contributed by atoms with van der Waals surface area (Å²) < 4.78 is 28.3. The Morgan fingerprint density at radius 2 is 1.68 bits per heavy atom. The summed E-state index contributed by atoms with van der Waals surface area (Å²) in [4.78, 5) is 12.6. The van der Waals surface area contributed by atoms with Crippen molar-refractivity contribution in [2.45, 2.75) is 55.8 Å². The molecule has 28 heavy (non-hydrogen) atoms. The standard InChI is InChI=1S/C22H26N2O3S/c1-2-23-21(25)22(13-14-22)18-8-10-19(11-9-18)24-28(26,27)20-12-7-16-5-3-4-6-17(16)15-20/h7-12,15,24H,2-6,13-14H2,1H3,(H,23,25). The summed E-state index contributed by atoms with van der Waals surface area (Å²) in [5.74, 6) is 0.0531. The number of hydrogen-bond donors (Lipinski definition) is 2. The van der Waals surface area contributed by atoms with Gasteiger partial charge in [-0.1, -0.05) is 18.2 Å². The second kappa shape index (κ2) is 7.24. The van der Waals surface area contributed by atoms with Crippen molar-refractivity contribution in [2.24, 2.45) is 0 Å². The van der Waals surface area contributed by atoms with Crippen LogP contribution in [0, 0.1) is 0 Å². The summed E-state index contributed by atoms with van der Waals surface area (Å²) in [7, 11) is -3.63. The van der Waals surface area contributed by atoms with E-state index < -0.39 is 15.4 Å². The second-order valence-corrected chi connectivity index (χ2v) is 9.44. The minimum Gasteiger partial charge on any atom is -0.356 e. The molecule has 6 heteroatoms. The van der Waals surface area contributed by atoms with E-state index in [-0.39, 0.29) is 5.91 Å². The predicted molar refractivity (Wildman–Crippen MR) is 110 cm³/mol. The maximum absolute atomic E-state index is 12.8. The molecule has 2 aliphatic carbocycles. The SMILES string of the molecule is CCNC(=O)C1(c2ccc(NS(=O)(=O)c3ccc4c(c3)CCCC4)cc2)CC1. The largest absolute Gasteiger partial charge is 0.356 e. The van der Waals surface area contributed by atoms with E-state index in [1.807, 2.05) is 25.1 Å². The number of carbonyl (C=O) groups excluding carboxylic acids is 1. The van der Waals surface area contributed by atoms with Gasteiger partial charge in [-0.2, -0.15) is 0 Å². The molecule has 1 saturated carbocycles. The van der Waals surface area contributed by atoms with Gasteiger partial charge in [-0.25, -0.2) is 8.42 Å². The van der Waals surface area contributed by atoms with Crippen LogP contribution in [0.5, 0.6) is 0 Å². The molecule has 0 aromatic heterocycles. The summed E-state index contributed by atoms with van der Waals surface area (Å²) in [5, 5.41) is 2.90. The third-order valence-electron chi connectivity index (χ3n) is 5.84. The molecule has 5 nitrogen and oxygen atoms in total. The number of anilines is 1. The molecular weight excluding hydrogens is 372 g/mol. The van der Waals surface area contributed by atoms with Crippen LogP contribution >= 0.6 is 0 Å². The molecule has 0 bridgehead atoms. The van der Waals surface area contributed by atoms with Crippen molar-refractivity contribution in [3.05, 3.63) is 59.2 Å². The maximum Gasteiger partial charge on any atom is 0.261 e. The first-order valence-electron chi connectivity index (χ1n) is 9.98. The lowest BCUT2D eigenvalue weighted by Gasteiger charge is -2.17. The lowest BCUT2D eigenvalue weighted by molar-refractivity contribution is -0.123. The molecule has 0 heterocycles.